The van der Waals surface area contributed by atoms with Gasteiger partial charge in [-0.2, -0.15) is 0 Å². The predicted octanol–water partition coefficient (Wildman–Crippen LogP) is 34.7. The number of phenolic OH excluding ortho intramolecular Hbond substituents is 5. The van der Waals surface area contributed by atoms with Crippen LogP contribution in [0.3, 0.4) is 0 Å². The topological polar surface area (TPSA) is 259 Å². The van der Waals surface area contributed by atoms with Crippen LogP contribution >= 0.6 is 0 Å². The van der Waals surface area contributed by atoms with Crippen molar-refractivity contribution in [2.45, 2.75) is 431 Å². The third-order valence-corrected chi connectivity index (χ3v) is 31.4. The van der Waals surface area contributed by atoms with Crippen LogP contribution in [-0.4, -0.2) is 84.8 Å². The van der Waals surface area contributed by atoms with Crippen molar-refractivity contribution in [2.75, 3.05) is 6.61 Å². The summed E-state index contributed by atoms with van der Waals surface area (Å²) in [7, 11) is 0. The van der Waals surface area contributed by atoms with Crippen molar-refractivity contribution in [3.63, 3.8) is 0 Å². The van der Waals surface area contributed by atoms with Gasteiger partial charge >= 0.3 is 35.8 Å². The van der Waals surface area contributed by atoms with E-state index in [0.29, 0.717) is 64.8 Å². The van der Waals surface area contributed by atoms with Crippen LogP contribution in [-0.2, 0) is 74.8 Å². The SMILES string of the molecule is C=CC1(OC(=O)C(C)(C)CC)CCCCC1.C=CC1(OC(=O)COC(=O)C(C)(C)CC)CCCC1.CCC(C)(C)C(=O)OC1(C)C=CCC1.CCC(C)(C)C(=O)OC1(CC)CCc2ccccc21.CCC(C)(C)C(=O)OC1(c2ccccc2)CCCCC1.CCC(C)c1ccc(O)cc1.CCC(C)c1ccc(O)cc1.CCC(C)c1ccc(O)cc1.CCC(C)c1ccc(O)cc1.CCC(C)c1ccc2cc(O)ccc2c1. The molecular weight excluding hydrogens is 1830 g/mol. The largest absolute Gasteiger partial charge is 0.508 e. The van der Waals surface area contributed by atoms with E-state index in [1.807, 2.05) is 188 Å². The monoisotopic (exact) mass is 2020 g/mol. The molecule has 0 spiro atoms. The quantitative estimate of drug-likeness (QED) is 0.0154. The lowest BCUT2D eigenvalue weighted by Gasteiger charge is -2.39. The van der Waals surface area contributed by atoms with Gasteiger partial charge in [-0.25, -0.2) is 4.79 Å². The van der Waals surface area contributed by atoms with Gasteiger partial charge in [0.2, 0.25) is 0 Å². The van der Waals surface area contributed by atoms with Crippen molar-refractivity contribution >= 4 is 46.6 Å². The number of aromatic hydroxyl groups is 5. The molecule has 17 heteroatoms. The summed E-state index contributed by atoms with van der Waals surface area (Å²) in [5.41, 5.74) is 6.03. The molecule has 3 fully saturated rings. The molecule has 0 aliphatic heterocycles. The van der Waals surface area contributed by atoms with Crippen LogP contribution in [0.4, 0.5) is 0 Å². The zero-order valence-corrected chi connectivity index (χ0v) is 95.4. The highest BCUT2D eigenvalue weighted by Crippen LogP contribution is 2.47. The summed E-state index contributed by atoms with van der Waals surface area (Å²) >= 11 is 0. The highest BCUT2D eigenvalue weighted by atomic mass is 16.6. The van der Waals surface area contributed by atoms with E-state index in [-0.39, 0.29) is 58.5 Å². The maximum atomic E-state index is 12.5. The molecule has 8 aromatic rings. The summed E-state index contributed by atoms with van der Waals surface area (Å²) in [6.07, 6.45) is 36.3. The van der Waals surface area contributed by atoms with E-state index in [4.69, 9.17) is 48.8 Å². The van der Waals surface area contributed by atoms with Crippen LogP contribution in [0.15, 0.2) is 226 Å². The fourth-order valence-electron chi connectivity index (χ4n) is 16.8. The molecule has 0 saturated heterocycles. The van der Waals surface area contributed by atoms with Crippen LogP contribution < -0.4 is 0 Å². The third kappa shape index (κ3) is 41.5. The highest BCUT2D eigenvalue weighted by Gasteiger charge is 2.46. The first-order valence-corrected chi connectivity index (χ1v) is 55.1. The number of fused-ring (bicyclic) bond motifs is 2. The van der Waals surface area contributed by atoms with Crippen molar-refractivity contribution in [3.8, 4) is 28.7 Å². The third-order valence-electron chi connectivity index (χ3n) is 31.4. The van der Waals surface area contributed by atoms with Crippen LogP contribution in [0.25, 0.3) is 10.8 Å². The number of aryl methyl sites for hydroxylation is 1. The smallest absolute Gasteiger partial charge is 0.345 e. The Morgan fingerprint density at radius 3 is 1.05 bits per heavy atom. The van der Waals surface area contributed by atoms with Crippen molar-refractivity contribution in [3.05, 3.63) is 270 Å². The summed E-state index contributed by atoms with van der Waals surface area (Å²) in [6.45, 7) is 62.3. The molecule has 0 heterocycles. The molecule has 3 saturated carbocycles. The van der Waals surface area contributed by atoms with Crippen LogP contribution in [0.5, 0.6) is 28.7 Å². The lowest BCUT2D eigenvalue weighted by Crippen LogP contribution is -2.39. The molecule has 13 rings (SSSR count). The second kappa shape index (κ2) is 61.9. The van der Waals surface area contributed by atoms with Gasteiger partial charge in [-0.1, -0.05) is 270 Å². The number of hydrogen-bond acceptors (Lipinski definition) is 17. The van der Waals surface area contributed by atoms with Gasteiger partial charge in [0, 0.05) is 0 Å². The molecule has 0 amide bonds. The first-order valence-electron chi connectivity index (χ1n) is 55.1. The van der Waals surface area contributed by atoms with Gasteiger partial charge in [0.15, 0.2) is 6.61 Å². The lowest BCUT2D eigenvalue weighted by molar-refractivity contribution is -0.176. The number of carbonyl (C=O) groups is 6. The minimum absolute atomic E-state index is 0.0641. The number of benzene rings is 8. The average Bonchev–Trinajstić information content (AvgIpc) is 1.59. The average molecular weight is 2020 g/mol. The Hall–Kier alpha value is -10.9. The molecule has 17 nitrogen and oxygen atoms in total. The lowest BCUT2D eigenvalue weighted by atomic mass is 9.79. The number of rotatable bonds is 31. The normalized spacial score (nSPS) is 17.6. The second-order valence-corrected chi connectivity index (χ2v) is 44.5. The predicted molar refractivity (Wildman–Crippen MR) is 605 cm³/mol. The Kier molecular flexibility index (Phi) is 54.0. The van der Waals surface area contributed by atoms with Gasteiger partial charge in [-0.3, -0.25) is 24.0 Å². The Bertz CT molecular complexity index is 5050. The summed E-state index contributed by atoms with van der Waals surface area (Å²) < 4.78 is 33.8. The molecule has 8 aromatic carbocycles. The zero-order valence-electron chi connectivity index (χ0n) is 95.4. The minimum Gasteiger partial charge on any atom is -0.508 e. The van der Waals surface area contributed by atoms with Gasteiger partial charge < -0.3 is 54.0 Å². The highest BCUT2D eigenvalue weighted by molar-refractivity contribution is 5.85. The number of hydrogen-bond donors (Lipinski definition) is 5. The van der Waals surface area contributed by atoms with Crippen molar-refractivity contribution in [1.29, 1.82) is 0 Å². The summed E-state index contributed by atoms with van der Waals surface area (Å²) in [6, 6.07) is 60.3. The Morgan fingerprint density at radius 1 is 0.347 bits per heavy atom. The summed E-state index contributed by atoms with van der Waals surface area (Å²) in [4.78, 5) is 72.3. The summed E-state index contributed by atoms with van der Waals surface area (Å²) in [5.74, 6) is 3.50. The number of ether oxygens (including phenoxy) is 6. The van der Waals surface area contributed by atoms with E-state index in [1.165, 1.54) is 57.2 Å². The van der Waals surface area contributed by atoms with E-state index in [9.17, 15) is 33.9 Å². The van der Waals surface area contributed by atoms with E-state index >= 15 is 0 Å². The Labute approximate surface area is 887 Å². The standard InChI is InChI=1S/C18H26O2.C17H24O2.C15H24O4.C14H24O2.C14H16O.C12H20O2.4C10H14O/c1-4-17(2,3)16(19)20-18(13-9-6-10-14-18)15-11-7-5-8-12-15;1-5-16(3,4)15(18)19-17(6-2)12-11-13-9-7-8-10-14(13)17;1-5-14(3,4)13(17)18-11-12(16)19-15(6-2)9-7-8-10-15;1-5-13(3,4)12(15)16-14(6-2)10-8-7-9-11-14;1-3-10(2)11-4-5-13-9-14(15)7-6-12(13)8-11;1-5-11(2,3)10(13)14-12(4)8-6-7-9-12;4*1-3-8(2)9-4-6-10(11)7-5-9/h5,7-8,11-12H,4,6,9-10,13-14H2,1-3H3;7-10H,5-6,11-12H2,1-4H3;6H,2,5,7-11H2,1,3-4H3;6H,2,5,7-11H2,1,3-4H3;4-10,15H,3H2,1-2H3;6,8H,5,7,9H2,1-4H3;4*4-8,11H,3H2,1-2H3. The van der Waals surface area contributed by atoms with Crippen LogP contribution in [0, 0.1) is 27.1 Å². The molecule has 0 bridgehead atoms. The van der Waals surface area contributed by atoms with Gasteiger partial charge in [-0.05, 0) is 413 Å². The van der Waals surface area contributed by atoms with E-state index in [2.05, 4.69) is 144 Å². The van der Waals surface area contributed by atoms with Crippen LogP contribution in [0.2, 0.25) is 0 Å². The molecule has 812 valence electrons. The van der Waals surface area contributed by atoms with Gasteiger partial charge in [0.25, 0.3) is 0 Å². The van der Waals surface area contributed by atoms with E-state index in [1.54, 1.807) is 80.6 Å². The maximum Gasteiger partial charge on any atom is 0.345 e. The molecule has 147 heavy (non-hydrogen) atoms. The molecule has 5 N–H and O–H groups in total. The van der Waals surface area contributed by atoms with Crippen molar-refractivity contribution in [2.24, 2.45) is 27.1 Å². The number of esters is 6. The molecule has 0 radical (unpaired) electrons. The number of phenols is 5. The molecular formula is C130H190O17. The first kappa shape index (κ1) is 128. The molecule has 7 atom stereocenters. The molecule has 7 unspecified atom stereocenters. The molecule has 0 aromatic heterocycles. The molecule has 5 aliphatic rings. The number of allylic oxidation sites excluding steroid dienone is 1. The Balaban J connectivity index is 0.000000343. The van der Waals surface area contributed by atoms with Gasteiger partial charge in [0.1, 0.15) is 56.8 Å². The fourth-order valence-corrected chi connectivity index (χ4v) is 16.8. The fraction of sp³-hybridized carbons (Fsp3) is 0.554. The minimum atomic E-state index is -0.566. The van der Waals surface area contributed by atoms with Gasteiger partial charge in [-0.15, -0.1) is 0 Å². The Morgan fingerprint density at radius 2 is 0.673 bits per heavy atom. The number of carbonyl (C=O) groups excluding carboxylic acids is 6. The van der Waals surface area contributed by atoms with E-state index < -0.39 is 39.0 Å². The second-order valence-electron chi connectivity index (χ2n) is 44.5. The maximum absolute atomic E-state index is 12.5. The molecule has 5 aliphatic carbocycles. The van der Waals surface area contributed by atoms with Gasteiger partial charge in [0.05, 0.1) is 27.1 Å². The van der Waals surface area contributed by atoms with E-state index in [0.717, 1.165) is 178 Å². The van der Waals surface area contributed by atoms with Crippen molar-refractivity contribution in [1.82, 2.24) is 0 Å². The summed E-state index contributed by atoms with van der Waals surface area (Å²) in [5, 5.41) is 47.7. The van der Waals surface area contributed by atoms with Crippen LogP contribution in [0.1, 0.15) is 441 Å². The van der Waals surface area contributed by atoms with Crippen molar-refractivity contribution < 1.29 is 82.7 Å². The first-order chi connectivity index (χ1) is 69.3. The zero-order chi connectivity index (χ0) is 110.